The van der Waals surface area contributed by atoms with E-state index in [-0.39, 0.29) is 32.1 Å². The molecule has 0 saturated carbocycles. The number of piperazine rings is 1. The zero-order chi connectivity index (χ0) is 31.3. The van der Waals surface area contributed by atoms with E-state index in [1.54, 1.807) is 45.0 Å². The fourth-order valence-electron chi connectivity index (χ4n) is 4.54. The van der Waals surface area contributed by atoms with Gasteiger partial charge in [-0.25, -0.2) is 14.4 Å². The first kappa shape index (κ1) is 33.1. The molecule has 42 heavy (non-hydrogen) atoms. The van der Waals surface area contributed by atoms with Crippen LogP contribution in [0.15, 0.2) is 24.3 Å². The second kappa shape index (κ2) is 13.3. The average Bonchev–Trinajstić information content (AvgIpc) is 3.24. The number of nitrogens with one attached hydrogen (secondary N) is 1. The van der Waals surface area contributed by atoms with Crippen molar-refractivity contribution < 1.29 is 43.2 Å². The molecule has 1 amide bonds. The lowest BCUT2D eigenvalue weighted by Gasteiger charge is -2.36. The highest BCUT2D eigenvalue weighted by Crippen LogP contribution is 2.22. The average molecular weight is 593 g/mol. The van der Waals surface area contributed by atoms with Gasteiger partial charge in [-0.05, 0) is 59.2 Å². The number of hydrogen-bond acceptors (Lipinski definition) is 11. The van der Waals surface area contributed by atoms with Crippen molar-refractivity contribution in [3.63, 3.8) is 0 Å². The number of aliphatic carboxylic acids is 1. The standard InChI is InChI=1S/C29H44N4O9/c1-27(2,3)41-23(34)22(32-13-11-31-12-14-32)17-33-16-21(40-26(33)38)18-39-20-9-7-19(8-10-20)15-29(30,24(35)36)25(37)42-28(4,5)6/h7-10,21-22,31H,11-18,30H2,1-6H3,(H,35,36). The van der Waals surface area contributed by atoms with E-state index in [0.29, 0.717) is 24.4 Å². The number of ether oxygens (including phenoxy) is 4. The molecule has 2 aliphatic heterocycles. The number of carboxylic acid groups (broad SMARTS) is 1. The molecular weight excluding hydrogens is 548 g/mol. The molecule has 3 rings (SSSR count). The van der Waals surface area contributed by atoms with E-state index in [9.17, 15) is 24.3 Å². The van der Waals surface area contributed by atoms with Crippen LogP contribution in [0.25, 0.3) is 0 Å². The number of carbonyl (C=O) groups excluding carboxylic acids is 3. The highest BCUT2D eigenvalue weighted by Gasteiger charge is 2.45. The summed E-state index contributed by atoms with van der Waals surface area (Å²) in [7, 11) is 0. The summed E-state index contributed by atoms with van der Waals surface area (Å²) in [6.07, 6.45) is -1.37. The van der Waals surface area contributed by atoms with Crippen molar-refractivity contribution in [3.05, 3.63) is 29.8 Å². The third kappa shape index (κ3) is 9.30. The molecule has 2 aliphatic rings. The molecule has 0 aromatic heterocycles. The van der Waals surface area contributed by atoms with E-state index in [1.807, 2.05) is 25.7 Å². The Morgan fingerprint density at radius 1 is 1.05 bits per heavy atom. The highest BCUT2D eigenvalue weighted by atomic mass is 16.6. The van der Waals surface area contributed by atoms with Gasteiger partial charge in [0.15, 0.2) is 6.10 Å². The zero-order valence-corrected chi connectivity index (χ0v) is 25.3. The first-order valence-electron chi connectivity index (χ1n) is 14.1. The molecule has 1 aromatic rings. The molecule has 0 radical (unpaired) electrons. The Labute approximate surface area is 246 Å². The Kier molecular flexibility index (Phi) is 10.4. The molecule has 13 heteroatoms. The molecule has 4 N–H and O–H groups in total. The maximum atomic E-state index is 13.0. The summed E-state index contributed by atoms with van der Waals surface area (Å²) in [5, 5.41) is 12.9. The number of carboxylic acids is 1. The number of nitrogens with two attached hydrogens (primary N) is 1. The number of nitrogens with zero attached hydrogens (tertiary/aromatic N) is 2. The fourth-order valence-corrected chi connectivity index (χ4v) is 4.54. The minimum atomic E-state index is -2.25. The Bertz CT molecular complexity index is 1120. The Hall–Kier alpha value is -3.42. The molecule has 2 saturated heterocycles. The smallest absolute Gasteiger partial charge is 0.410 e. The van der Waals surface area contributed by atoms with Crippen molar-refractivity contribution in [2.45, 2.75) is 76.9 Å². The summed E-state index contributed by atoms with van der Waals surface area (Å²) in [5.74, 6) is -2.44. The Morgan fingerprint density at radius 3 is 2.19 bits per heavy atom. The van der Waals surface area contributed by atoms with Gasteiger partial charge < -0.3 is 40.0 Å². The van der Waals surface area contributed by atoms with E-state index in [1.165, 1.54) is 4.90 Å². The van der Waals surface area contributed by atoms with Crippen LogP contribution >= 0.6 is 0 Å². The second-order valence-corrected chi connectivity index (χ2v) is 12.7. The number of amides is 1. The van der Waals surface area contributed by atoms with Crippen molar-refractivity contribution in [1.82, 2.24) is 15.1 Å². The van der Waals surface area contributed by atoms with E-state index < -0.39 is 46.9 Å². The lowest BCUT2D eigenvalue weighted by Crippen LogP contribution is -2.58. The Balaban J connectivity index is 1.58. The van der Waals surface area contributed by atoms with Crippen molar-refractivity contribution >= 4 is 24.0 Å². The van der Waals surface area contributed by atoms with Crippen LogP contribution in [0, 0.1) is 0 Å². The lowest BCUT2D eigenvalue weighted by atomic mass is 9.91. The van der Waals surface area contributed by atoms with Gasteiger partial charge in [-0.3, -0.25) is 9.69 Å². The van der Waals surface area contributed by atoms with E-state index in [0.717, 1.165) is 13.1 Å². The third-order valence-electron chi connectivity index (χ3n) is 6.60. The topological polar surface area (TPSA) is 170 Å². The normalized spacial score (nSPS) is 20.3. The molecular formula is C29H44N4O9. The first-order chi connectivity index (χ1) is 19.5. The summed E-state index contributed by atoms with van der Waals surface area (Å²) in [5.41, 5.74) is 2.66. The van der Waals surface area contributed by atoms with Crippen LogP contribution in [0.2, 0.25) is 0 Å². The van der Waals surface area contributed by atoms with E-state index in [2.05, 4.69) is 5.32 Å². The molecule has 0 spiro atoms. The van der Waals surface area contributed by atoms with Gasteiger partial charge >= 0.3 is 24.0 Å². The van der Waals surface area contributed by atoms with Gasteiger partial charge in [-0.15, -0.1) is 0 Å². The summed E-state index contributed by atoms with van der Waals surface area (Å²) >= 11 is 0. The molecule has 0 aliphatic carbocycles. The highest BCUT2D eigenvalue weighted by molar-refractivity contribution is 6.04. The summed E-state index contributed by atoms with van der Waals surface area (Å²) in [6, 6.07) is 5.83. The van der Waals surface area contributed by atoms with Gasteiger partial charge in [0.1, 0.15) is 29.6 Å². The lowest BCUT2D eigenvalue weighted by molar-refractivity contribution is -0.169. The minimum Gasteiger partial charge on any atom is -0.490 e. The monoisotopic (exact) mass is 592 g/mol. The van der Waals surface area contributed by atoms with Crippen LogP contribution < -0.4 is 15.8 Å². The number of carbonyl (C=O) groups is 4. The van der Waals surface area contributed by atoms with E-state index in [4.69, 9.17) is 24.7 Å². The van der Waals surface area contributed by atoms with Gasteiger partial charge in [0.05, 0.1) is 13.1 Å². The van der Waals surface area contributed by atoms with Gasteiger partial charge in [-0.1, -0.05) is 12.1 Å². The Morgan fingerprint density at radius 2 is 1.64 bits per heavy atom. The third-order valence-corrected chi connectivity index (χ3v) is 6.60. The van der Waals surface area contributed by atoms with E-state index >= 15 is 0 Å². The van der Waals surface area contributed by atoms with Crippen molar-refractivity contribution in [2.75, 3.05) is 45.9 Å². The quantitative estimate of drug-likeness (QED) is 0.191. The van der Waals surface area contributed by atoms with Crippen molar-refractivity contribution in [2.24, 2.45) is 5.73 Å². The van der Waals surface area contributed by atoms with Crippen LogP contribution in [-0.4, -0.2) is 114 Å². The molecule has 2 fully saturated rings. The minimum absolute atomic E-state index is 0.0696. The molecule has 234 valence electrons. The molecule has 2 heterocycles. The number of cyclic esters (lactones) is 1. The molecule has 0 bridgehead atoms. The number of hydrogen-bond donors (Lipinski definition) is 3. The summed E-state index contributed by atoms with van der Waals surface area (Å²) < 4.78 is 22.2. The van der Waals surface area contributed by atoms with Crippen molar-refractivity contribution in [1.29, 1.82) is 0 Å². The van der Waals surface area contributed by atoms with Crippen molar-refractivity contribution in [3.8, 4) is 5.75 Å². The zero-order valence-electron chi connectivity index (χ0n) is 25.3. The van der Waals surface area contributed by atoms with Crippen LogP contribution in [-0.2, 0) is 35.0 Å². The molecule has 3 atom stereocenters. The summed E-state index contributed by atoms with van der Waals surface area (Å²) in [4.78, 5) is 53.6. The summed E-state index contributed by atoms with van der Waals surface area (Å²) in [6.45, 7) is 13.6. The fraction of sp³-hybridized carbons (Fsp3) is 0.655. The maximum Gasteiger partial charge on any atom is 0.410 e. The van der Waals surface area contributed by atoms with Gasteiger partial charge in [0.2, 0.25) is 5.54 Å². The molecule has 3 unspecified atom stereocenters. The molecule has 13 nitrogen and oxygen atoms in total. The first-order valence-corrected chi connectivity index (χ1v) is 14.1. The second-order valence-electron chi connectivity index (χ2n) is 12.7. The van der Waals surface area contributed by atoms with Crippen LogP contribution in [0.1, 0.15) is 47.1 Å². The van der Waals surface area contributed by atoms with Gasteiger partial charge in [-0.2, -0.15) is 0 Å². The number of benzene rings is 1. The van der Waals surface area contributed by atoms with Crippen LogP contribution in [0.4, 0.5) is 4.79 Å². The predicted molar refractivity (Wildman–Crippen MR) is 152 cm³/mol. The maximum absolute atomic E-state index is 13.0. The van der Waals surface area contributed by atoms with Crippen LogP contribution in [0.3, 0.4) is 0 Å². The van der Waals surface area contributed by atoms with Gasteiger partial charge in [0.25, 0.3) is 0 Å². The van der Waals surface area contributed by atoms with Gasteiger partial charge in [0, 0.05) is 32.6 Å². The SMILES string of the molecule is CC(C)(C)OC(=O)C(CN1CC(COc2ccc(CC(N)(C(=O)O)C(=O)OC(C)(C)C)cc2)OC1=O)N1CCNCC1. The van der Waals surface area contributed by atoms with Crippen LogP contribution in [0.5, 0.6) is 5.75 Å². The predicted octanol–water partition coefficient (Wildman–Crippen LogP) is 1.17. The molecule has 1 aromatic carbocycles. The largest absolute Gasteiger partial charge is 0.490 e. The number of esters is 2. The number of rotatable bonds is 11.